The van der Waals surface area contributed by atoms with Crippen LogP contribution in [0.5, 0.6) is 0 Å². The summed E-state index contributed by atoms with van der Waals surface area (Å²) in [5, 5.41) is 40.6. The smallest absolute Gasteiger partial charge is 0.111 e. The normalized spacial score (nSPS) is 34.2. The highest BCUT2D eigenvalue weighted by Crippen LogP contribution is 2.20. The average molecular weight is 263 g/mol. The fourth-order valence-electron chi connectivity index (χ4n) is 2.22. The lowest BCUT2D eigenvalue weighted by Crippen LogP contribution is -2.43. The lowest BCUT2D eigenvalue weighted by atomic mass is 10.0. The minimum atomic E-state index is -1.06. The molecule has 6 nitrogen and oxygen atoms in total. The highest BCUT2D eigenvalue weighted by Gasteiger charge is 2.42. The van der Waals surface area contributed by atoms with Crippen molar-refractivity contribution in [2.45, 2.75) is 50.7 Å². The van der Waals surface area contributed by atoms with E-state index in [0.717, 1.165) is 6.42 Å². The Hall–Kier alpha value is -0.240. The van der Waals surface area contributed by atoms with Crippen LogP contribution in [-0.2, 0) is 4.74 Å². The maximum Gasteiger partial charge on any atom is 0.111 e. The molecule has 1 aliphatic heterocycles. The zero-order chi connectivity index (χ0) is 13.7. The van der Waals surface area contributed by atoms with E-state index < -0.39 is 24.4 Å². The van der Waals surface area contributed by atoms with Gasteiger partial charge in [0.25, 0.3) is 0 Å². The van der Waals surface area contributed by atoms with Crippen molar-refractivity contribution in [3.63, 3.8) is 0 Å². The molecule has 0 aromatic rings. The average Bonchev–Trinajstić information content (AvgIpc) is 2.61. The first-order chi connectivity index (χ1) is 8.49. The van der Waals surface area contributed by atoms with Gasteiger partial charge in [0.15, 0.2) is 0 Å². The van der Waals surface area contributed by atoms with Gasteiger partial charge in [0, 0.05) is 12.6 Å². The van der Waals surface area contributed by atoms with E-state index >= 15 is 0 Å². The third-order valence-electron chi connectivity index (χ3n) is 3.23. The van der Waals surface area contributed by atoms with Crippen LogP contribution in [0, 0.1) is 5.92 Å². The van der Waals surface area contributed by atoms with Gasteiger partial charge in [-0.2, -0.15) is 0 Å². The summed E-state index contributed by atoms with van der Waals surface area (Å²) in [6, 6.07) is -0.0499. The van der Waals surface area contributed by atoms with Crippen molar-refractivity contribution in [3.05, 3.63) is 0 Å². The highest BCUT2D eigenvalue weighted by molar-refractivity contribution is 4.91. The van der Waals surface area contributed by atoms with Crippen molar-refractivity contribution in [2.75, 3.05) is 19.8 Å². The zero-order valence-corrected chi connectivity index (χ0v) is 11.0. The molecule has 1 aliphatic rings. The minimum Gasteiger partial charge on any atom is -0.395 e. The van der Waals surface area contributed by atoms with Crippen LogP contribution in [0.2, 0.25) is 0 Å². The van der Waals surface area contributed by atoms with Gasteiger partial charge in [0.1, 0.15) is 18.3 Å². The van der Waals surface area contributed by atoms with Gasteiger partial charge >= 0.3 is 0 Å². The Balaban J connectivity index is 2.38. The molecule has 1 fully saturated rings. The summed E-state index contributed by atoms with van der Waals surface area (Å²) in [4.78, 5) is 0. The number of aliphatic hydroxyl groups excluding tert-OH is 4. The zero-order valence-electron chi connectivity index (χ0n) is 11.0. The largest absolute Gasteiger partial charge is 0.395 e. The van der Waals surface area contributed by atoms with Gasteiger partial charge in [-0.05, 0) is 12.3 Å². The number of aliphatic hydroxyl groups is 4. The molecule has 6 heteroatoms. The van der Waals surface area contributed by atoms with Gasteiger partial charge < -0.3 is 30.5 Å². The van der Waals surface area contributed by atoms with E-state index in [1.54, 1.807) is 0 Å². The van der Waals surface area contributed by atoms with Crippen LogP contribution in [0.1, 0.15) is 20.3 Å². The summed E-state index contributed by atoms with van der Waals surface area (Å²) in [6.07, 6.45) is -2.53. The summed E-state index contributed by atoms with van der Waals surface area (Å²) >= 11 is 0. The molecule has 0 aromatic carbocycles. The van der Waals surface area contributed by atoms with E-state index in [2.05, 4.69) is 19.2 Å². The van der Waals surface area contributed by atoms with Crippen LogP contribution in [0.3, 0.4) is 0 Å². The predicted octanol–water partition coefficient (Wildman–Crippen LogP) is -1.54. The third-order valence-corrected chi connectivity index (χ3v) is 3.23. The van der Waals surface area contributed by atoms with Gasteiger partial charge in [-0.15, -0.1) is 0 Å². The van der Waals surface area contributed by atoms with Crippen molar-refractivity contribution < 1.29 is 25.2 Å². The fourth-order valence-corrected chi connectivity index (χ4v) is 2.22. The Morgan fingerprint density at radius 1 is 1.11 bits per heavy atom. The van der Waals surface area contributed by atoms with Gasteiger partial charge in [-0.25, -0.2) is 0 Å². The molecule has 0 saturated carbocycles. The SMILES string of the molecule is CC(C)C[C@@H](CO)NC[C@H]1O[C@H](CO)[C@@H](O)[C@@H]1O. The second kappa shape index (κ2) is 7.37. The Bertz CT molecular complexity index is 239. The van der Waals surface area contributed by atoms with Crippen LogP contribution in [0.4, 0.5) is 0 Å². The molecule has 0 radical (unpaired) electrons. The maximum absolute atomic E-state index is 9.74. The standard InChI is InChI=1S/C12H25NO5/c1-7(2)3-8(5-14)13-4-9-11(16)12(17)10(6-15)18-9/h7-17H,3-6H2,1-2H3/t8-,9+,10+,11+,12+/m0/s1. The molecule has 0 aromatic heterocycles. The molecule has 0 spiro atoms. The van der Waals surface area contributed by atoms with E-state index in [9.17, 15) is 15.3 Å². The van der Waals surface area contributed by atoms with E-state index in [0.29, 0.717) is 12.5 Å². The third kappa shape index (κ3) is 4.15. The van der Waals surface area contributed by atoms with Crippen LogP contribution in [0.15, 0.2) is 0 Å². The highest BCUT2D eigenvalue weighted by atomic mass is 16.6. The van der Waals surface area contributed by atoms with Crippen LogP contribution in [-0.4, -0.2) is 70.6 Å². The molecular formula is C12H25NO5. The van der Waals surface area contributed by atoms with Gasteiger partial charge in [0.05, 0.1) is 19.3 Å². The van der Waals surface area contributed by atoms with Crippen LogP contribution >= 0.6 is 0 Å². The molecular weight excluding hydrogens is 238 g/mol. The lowest BCUT2D eigenvalue weighted by Gasteiger charge is -2.22. The Morgan fingerprint density at radius 2 is 1.72 bits per heavy atom. The summed E-state index contributed by atoms with van der Waals surface area (Å²) in [6.45, 7) is 4.18. The maximum atomic E-state index is 9.74. The van der Waals surface area contributed by atoms with E-state index in [1.165, 1.54) is 0 Å². The van der Waals surface area contributed by atoms with Crippen molar-refractivity contribution in [1.29, 1.82) is 0 Å². The predicted molar refractivity (Wildman–Crippen MR) is 66.1 cm³/mol. The molecule has 108 valence electrons. The Kier molecular flexibility index (Phi) is 6.48. The molecule has 1 rings (SSSR count). The minimum absolute atomic E-state index is 0.0208. The second-order valence-electron chi connectivity index (χ2n) is 5.29. The Morgan fingerprint density at radius 3 is 2.17 bits per heavy atom. The van der Waals surface area contributed by atoms with Crippen LogP contribution < -0.4 is 5.32 Å². The van der Waals surface area contributed by atoms with Gasteiger partial charge in [-0.1, -0.05) is 13.8 Å². The van der Waals surface area contributed by atoms with Crippen molar-refractivity contribution in [3.8, 4) is 0 Å². The van der Waals surface area contributed by atoms with E-state index in [-0.39, 0.29) is 19.3 Å². The van der Waals surface area contributed by atoms with E-state index in [4.69, 9.17) is 9.84 Å². The molecule has 0 unspecified atom stereocenters. The number of nitrogens with one attached hydrogen (secondary N) is 1. The lowest BCUT2D eigenvalue weighted by molar-refractivity contribution is -0.0224. The van der Waals surface area contributed by atoms with Crippen molar-refractivity contribution in [2.24, 2.45) is 5.92 Å². The summed E-state index contributed by atoms with van der Waals surface area (Å²) in [5.74, 6) is 0.458. The number of rotatable bonds is 7. The monoisotopic (exact) mass is 263 g/mol. The summed E-state index contributed by atoms with van der Waals surface area (Å²) in [5.41, 5.74) is 0. The van der Waals surface area contributed by atoms with Crippen molar-refractivity contribution >= 4 is 0 Å². The topological polar surface area (TPSA) is 102 Å². The first-order valence-electron chi connectivity index (χ1n) is 6.46. The molecule has 0 aliphatic carbocycles. The number of hydrogen-bond acceptors (Lipinski definition) is 6. The van der Waals surface area contributed by atoms with Crippen LogP contribution in [0.25, 0.3) is 0 Å². The molecule has 0 bridgehead atoms. The second-order valence-corrected chi connectivity index (χ2v) is 5.29. The first kappa shape index (κ1) is 15.8. The summed E-state index contributed by atoms with van der Waals surface area (Å²) in [7, 11) is 0. The molecule has 0 amide bonds. The number of ether oxygens (including phenoxy) is 1. The number of hydrogen-bond donors (Lipinski definition) is 5. The summed E-state index contributed by atoms with van der Waals surface area (Å²) < 4.78 is 5.34. The molecule has 5 atom stereocenters. The van der Waals surface area contributed by atoms with Gasteiger partial charge in [0.2, 0.25) is 0 Å². The van der Waals surface area contributed by atoms with Gasteiger partial charge in [-0.3, -0.25) is 0 Å². The quantitative estimate of drug-likeness (QED) is 0.382. The molecule has 18 heavy (non-hydrogen) atoms. The molecule has 1 heterocycles. The molecule has 1 saturated heterocycles. The first-order valence-corrected chi connectivity index (χ1v) is 6.46. The van der Waals surface area contributed by atoms with E-state index in [1.807, 2.05) is 0 Å². The molecule has 5 N–H and O–H groups in total. The Labute approximate surface area is 108 Å². The van der Waals surface area contributed by atoms with Crippen molar-refractivity contribution in [1.82, 2.24) is 5.32 Å². The fraction of sp³-hybridized carbons (Fsp3) is 1.00.